The first kappa shape index (κ1) is 35.8. The molecule has 0 bridgehead atoms. The molecule has 8 aromatic carbocycles. The van der Waals surface area contributed by atoms with Crippen LogP contribution < -0.4 is 0 Å². The zero-order valence-corrected chi connectivity index (χ0v) is 34.9. The van der Waals surface area contributed by atoms with E-state index in [4.69, 9.17) is 15.0 Å². The molecule has 1 aliphatic carbocycles. The summed E-state index contributed by atoms with van der Waals surface area (Å²) in [5.74, 6) is 2.09. The molecule has 12 aromatic rings. The van der Waals surface area contributed by atoms with Gasteiger partial charge in [-0.15, -0.1) is 11.3 Å². The smallest absolute Gasteiger partial charge is 0.163 e. The second-order valence-corrected chi connectivity index (χ2v) is 17.4. The van der Waals surface area contributed by atoms with E-state index >= 15 is 0 Å². The van der Waals surface area contributed by atoms with Crippen molar-refractivity contribution >= 4 is 80.7 Å². The maximum atomic E-state index is 5.17. The molecule has 0 aliphatic heterocycles. The highest BCUT2D eigenvalue weighted by Crippen LogP contribution is 2.45. The highest BCUT2D eigenvalue weighted by Gasteiger charge is 2.25. The van der Waals surface area contributed by atoms with E-state index in [1.165, 1.54) is 74.9 Å². The molecular weight excluding hydrogens is 787 g/mol. The van der Waals surface area contributed by atoms with Crippen molar-refractivity contribution in [2.45, 2.75) is 12.3 Å². The lowest BCUT2D eigenvalue weighted by atomic mass is 9.88. The van der Waals surface area contributed by atoms with Gasteiger partial charge in [-0.05, 0) is 72.2 Å². The highest BCUT2D eigenvalue weighted by molar-refractivity contribution is 7.26. The van der Waals surface area contributed by atoms with E-state index in [2.05, 4.69) is 179 Å². The first-order valence-corrected chi connectivity index (χ1v) is 22.3. The van der Waals surface area contributed by atoms with Crippen LogP contribution in [0, 0.1) is 0 Å². The second kappa shape index (κ2) is 14.3. The van der Waals surface area contributed by atoms with Crippen molar-refractivity contribution in [3.8, 4) is 34.2 Å². The normalized spacial score (nSPS) is 14.2. The molecule has 296 valence electrons. The van der Waals surface area contributed by atoms with Crippen LogP contribution in [0.3, 0.4) is 0 Å². The lowest BCUT2D eigenvalue weighted by Crippen LogP contribution is -2.09. The minimum atomic E-state index is -0.0487. The monoisotopic (exact) mass is 823 g/mol. The van der Waals surface area contributed by atoms with Crippen LogP contribution in [-0.2, 0) is 0 Å². The van der Waals surface area contributed by atoms with Gasteiger partial charge < -0.3 is 9.13 Å². The van der Waals surface area contributed by atoms with Crippen molar-refractivity contribution in [3.05, 3.63) is 218 Å². The molecule has 1 aliphatic rings. The van der Waals surface area contributed by atoms with E-state index in [0.29, 0.717) is 11.6 Å². The minimum absolute atomic E-state index is 0.0487. The van der Waals surface area contributed by atoms with E-state index in [1.54, 1.807) is 0 Å². The standard InChI is InChI=1S/C57H37N5S/c1-4-17-36(18-5-1)55-58-56(37-19-6-2-7-20-37)60-57(59-55)39-22-16-21-38(31-39)45-32-41(33-48-44-27-12-15-30-53(44)63-54(45)48)62-50-29-14-11-26-43(50)47-34-46-42-25-10-13-28-49(42)61(51(46)35-52(47)62)40-23-8-3-9-24-40/h1-30,32-35,39H,31H2. The maximum absolute atomic E-state index is 5.17. The van der Waals surface area contributed by atoms with E-state index < -0.39 is 0 Å². The Bertz CT molecular complexity index is 3760. The quantitative estimate of drug-likeness (QED) is 0.168. The minimum Gasteiger partial charge on any atom is -0.309 e. The summed E-state index contributed by atoms with van der Waals surface area (Å²) in [5.41, 5.74) is 11.5. The maximum Gasteiger partial charge on any atom is 0.163 e. The first-order valence-electron chi connectivity index (χ1n) is 21.5. The molecule has 4 heterocycles. The van der Waals surface area contributed by atoms with Crippen molar-refractivity contribution in [3.63, 3.8) is 0 Å². The Balaban J connectivity index is 1.02. The predicted molar refractivity (Wildman–Crippen MR) is 263 cm³/mol. The van der Waals surface area contributed by atoms with Crippen molar-refractivity contribution in [1.82, 2.24) is 24.1 Å². The van der Waals surface area contributed by atoms with Crippen LogP contribution in [-0.4, -0.2) is 24.1 Å². The summed E-state index contributed by atoms with van der Waals surface area (Å²) in [5, 5.41) is 7.51. The van der Waals surface area contributed by atoms with Gasteiger partial charge >= 0.3 is 0 Å². The molecule has 0 fully saturated rings. The van der Waals surface area contributed by atoms with E-state index in [1.807, 2.05) is 47.7 Å². The number of aromatic nitrogens is 5. The molecular formula is C57H37N5S. The van der Waals surface area contributed by atoms with Gasteiger partial charge in [0.25, 0.3) is 0 Å². The fraction of sp³-hybridized carbons (Fsp3) is 0.0351. The summed E-state index contributed by atoms with van der Waals surface area (Å²) in [6, 6.07) is 67.4. The van der Waals surface area contributed by atoms with Crippen LogP contribution >= 0.6 is 11.3 Å². The van der Waals surface area contributed by atoms with Crippen molar-refractivity contribution in [2.24, 2.45) is 0 Å². The largest absolute Gasteiger partial charge is 0.309 e. The van der Waals surface area contributed by atoms with Crippen molar-refractivity contribution in [1.29, 1.82) is 0 Å². The number of nitrogens with zero attached hydrogens (tertiary/aromatic N) is 5. The Morgan fingerprint density at radius 2 is 1.00 bits per heavy atom. The van der Waals surface area contributed by atoms with Crippen LogP contribution in [0.25, 0.3) is 104 Å². The predicted octanol–water partition coefficient (Wildman–Crippen LogP) is 14.9. The lowest BCUT2D eigenvalue weighted by molar-refractivity contribution is 0.773. The molecule has 0 saturated carbocycles. The van der Waals surface area contributed by atoms with Gasteiger partial charge in [-0.1, -0.05) is 152 Å². The van der Waals surface area contributed by atoms with E-state index in [0.717, 1.165) is 34.7 Å². The van der Waals surface area contributed by atoms with Gasteiger partial charge in [0.05, 0.1) is 22.1 Å². The molecule has 0 spiro atoms. The van der Waals surface area contributed by atoms with Gasteiger partial charge in [-0.3, -0.25) is 0 Å². The van der Waals surface area contributed by atoms with Gasteiger partial charge in [-0.25, -0.2) is 15.0 Å². The molecule has 5 nitrogen and oxygen atoms in total. The topological polar surface area (TPSA) is 48.5 Å². The van der Waals surface area contributed by atoms with Crippen LogP contribution in [0.5, 0.6) is 0 Å². The summed E-state index contributed by atoms with van der Waals surface area (Å²) < 4.78 is 7.48. The molecule has 0 N–H and O–H groups in total. The van der Waals surface area contributed by atoms with Crippen molar-refractivity contribution in [2.75, 3.05) is 0 Å². The average Bonchev–Trinajstić information content (AvgIpc) is 4.01. The Hall–Kier alpha value is -7.93. The van der Waals surface area contributed by atoms with Crippen LogP contribution in [0.1, 0.15) is 23.7 Å². The van der Waals surface area contributed by atoms with Gasteiger partial charge in [0.15, 0.2) is 11.6 Å². The molecule has 0 amide bonds. The van der Waals surface area contributed by atoms with Gasteiger partial charge in [0, 0.05) is 70.1 Å². The van der Waals surface area contributed by atoms with Gasteiger partial charge in [-0.2, -0.15) is 0 Å². The van der Waals surface area contributed by atoms with Crippen LogP contribution in [0.4, 0.5) is 0 Å². The summed E-state index contributed by atoms with van der Waals surface area (Å²) in [6.45, 7) is 0. The molecule has 63 heavy (non-hydrogen) atoms. The summed E-state index contributed by atoms with van der Waals surface area (Å²) in [6.07, 6.45) is 7.49. The van der Waals surface area contributed by atoms with Crippen molar-refractivity contribution < 1.29 is 0 Å². The fourth-order valence-electron chi connectivity index (χ4n) is 9.79. The Labute approximate surface area is 367 Å². The number of hydrogen-bond donors (Lipinski definition) is 0. The lowest BCUT2D eigenvalue weighted by Gasteiger charge is -2.20. The molecule has 4 aromatic heterocycles. The molecule has 1 atom stereocenters. The summed E-state index contributed by atoms with van der Waals surface area (Å²) >= 11 is 1.88. The zero-order chi connectivity index (χ0) is 41.4. The number of fused-ring (bicyclic) bond motifs is 9. The molecule has 6 heteroatoms. The van der Waals surface area contributed by atoms with Gasteiger partial charge in [0.1, 0.15) is 5.82 Å². The number of para-hydroxylation sites is 3. The van der Waals surface area contributed by atoms with Crippen LogP contribution in [0.2, 0.25) is 0 Å². The molecule has 1 unspecified atom stereocenters. The molecule has 0 radical (unpaired) electrons. The Kier molecular flexibility index (Phi) is 8.14. The highest BCUT2D eigenvalue weighted by atomic mass is 32.1. The number of benzene rings is 8. The third-order valence-corrected chi connectivity index (χ3v) is 13.9. The number of allylic oxidation sites excluding steroid dienone is 4. The Morgan fingerprint density at radius 3 is 1.65 bits per heavy atom. The van der Waals surface area contributed by atoms with E-state index in [9.17, 15) is 0 Å². The van der Waals surface area contributed by atoms with E-state index in [-0.39, 0.29) is 5.92 Å². The number of hydrogen-bond acceptors (Lipinski definition) is 4. The van der Waals surface area contributed by atoms with Crippen LogP contribution in [0.15, 0.2) is 206 Å². The van der Waals surface area contributed by atoms with Gasteiger partial charge in [0.2, 0.25) is 0 Å². The second-order valence-electron chi connectivity index (χ2n) is 16.4. The molecule has 0 saturated heterocycles. The average molecular weight is 824 g/mol. The first-order chi connectivity index (χ1) is 31.2. The zero-order valence-electron chi connectivity index (χ0n) is 34.1. The SMILES string of the molecule is C1=CC(c2nc(-c3ccccc3)nc(-c3ccccc3)n2)CC(c2cc(-n3c4ccccc4c4cc5c6ccccc6n(-c6ccccc6)c5cc43)cc3c2sc2ccccc23)=C1. The fourth-order valence-corrected chi connectivity index (χ4v) is 11.0. The Morgan fingerprint density at radius 1 is 0.444 bits per heavy atom. The summed E-state index contributed by atoms with van der Waals surface area (Å²) in [4.78, 5) is 15.3. The summed E-state index contributed by atoms with van der Waals surface area (Å²) in [7, 11) is 0. The number of rotatable bonds is 6. The molecule has 13 rings (SSSR count). The third kappa shape index (κ3) is 5.79. The third-order valence-electron chi connectivity index (χ3n) is 12.7. The number of thiophene rings is 1.